The number of hydrogen-bond acceptors (Lipinski definition) is 5. The quantitative estimate of drug-likeness (QED) is 0.897. The van der Waals surface area contributed by atoms with Crippen LogP contribution in [0, 0.1) is 20.8 Å². The molecule has 7 nitrogen and oxygen atoms in total. The van der Waals surface area contributed by atoms with E-state index in [2.05, 4.69) is 15.6 Å². The number of carbonyl (C=O) groups is 1. The van der Waals surface area contributed by atoms with E-state index in [9.17, 15) is 13.2 Å². The summed E-state index contributed by atoms with van der Waals surface area (Å²) in [6.07, 6.45) is 0.443. The first-order chi connectivity index (χ1) is 11.3. The van der Waals surface area contributed by atoms with Crippen LogP contribution in [0.4, 0.5) is 0 Å². The van der Waals surface area contributed by atoms with Gasteiger partial charge < -0.3 is 5.32 Å². The summed E-state index contributed by atoms with van der Waals surface area (Å²) in [5, 5.41) is 10.8. The molecule has 1 amide bonds. The molecule has 0 radical (unpaired) electrons. The van der Waals surface area contributed by atoms with Crippen molar-refractivity contribution in [1.29, 1.82) is 0 Å². The van der Waals surface area contributed by atoms with Crippen LogP contribution < -0.4 is 5.32 Å². The van der Waals surface area contributed by atoms with Gasteiger partial charge in [-0.3, -0.25) is 4.79 Å². The molecular weight excluding hydrogens is 328 g/mol. The Hall–Kier alpha value is -2.22. The molecule has 0 spiro atoms. The third kappa shape index (κ3) is 3.19. The normalized spacial score (nSPS) is 19.4. The number of nitrogens with one attached hydrogen (secondary N) is 1. The Bertz CT molecular complexity index is 902. The minimum absolute atomic E-state index is 0.0108. The van der Waals surface area contributed by atoms with Crippen LogP contribution in [0.2, 0.25) is 0 Å². The highest BCUT2D eigenvalue weighted by molar-refractivity contribution is 7.91. The van der Waals surface area contributed by atoms with Gasteiger partial charge in [-0.25, -0.2) is 13.1 Å². The van der Waals surface area contributed by atoms with Crippen molar-refractivity contribution in [2.24, 2.45) is 0 Å². The fraction of sp³-hybridized carbons (Fsp3) is 0.438. The Morgan fingerprint density at radius 2 is 2.00 bits per heavy atom. The molecule has 1 atom stereocenters. The summed E-state index contributed by atoms with van der Waals surface area (Å²) in [6.45, 7) is 5.82. The van der Waals surface area contributed by atoms with Gasteiger partial charge in [-0.15, -0.1) is 5.10 Å². The van der Waals surface area contributed by atoms with Crippen molar-refractivity contribution in [3.05, 3.63) is 40.7 Å². The average molecular weight is 348 g/mol. The number of carbonyl (C=O) groups excluding carboxylic acids is 1. The minimum atomic E-state index is -3.04. The van der Waals surface area contributed by atoms with E-state index in [0.29, 0.717) is 12.1 Å². The lowest BCUT2D eigenvalue weighted by Gasteiger charge is -2.10. The van der Waals surface area contributed by atoms with Gasteiger partial charge in [0, 0.05) is 6.04 Å². The van der Waals surface area contributed by atoms with Crippen molar-refractivity contribution < 1.29 is 13.2 Å². The summed E-state index contributed by atoms with van der Waals surface area (Å²) in [5.41, 5.74) is 3.99. The molecule has 0 saturated carbocycles. The Balaban J connectivity index is 1.82. The molecule has 1 N–H and O–H groups in total. The highest BCUT2D eigenvalue weighted by atomic mass is 32.2. The Morgan fingerprint density at radius 3 is 2.62 bits per heavy atom. The number of aromatic nitrogens is 3. The molecule has 1 aliphatic heterocycles. The second kappa shape index (κ2) is 6.01. The van der Waals surface area contributed by atoms with E-state index in [4.69, 9.17) is 0 Å². The van der Waals surface area contributed by atoms with Gasteiger partial charge in [-0.05, 0) is 50.5 Å². The molecule has 1 aliphatic rings. The third-order valence-corrected chi connectivity index (χ3v) is 6.18. The van der Waals surface area contributed by atoms with E-state index >= 15 is 0 Å². The van der Waals surface area contributed by atoms with Gasteiger partial charge in [-0.2, -0.15) is 0 Å². The fourth-order valence-corrected chi connectivity index (χ4v) is 4.48. The predicted molar refractivity (Wildman–Crippen MR) is 90.1 cm³/mol. The van der Waals surface area contributed by atoms with E-state index < -0.39 is 9.84 Å². The molecule has 1 fully saturated rings. The topological polar surface area (TPSA) is 93.9 Å². The van der Waals surface area contributed by atoms with Crippen molar-refractivity contribution in [1.82, 2.24) is 20.3 Å². The molecule has 0 aliphatic carbocycles. The van der Waals surface area contributed by atoms with Crippen molar-refractivity contribution in [3.8, 4) is 5.69 Å². The summed E-state index contributed by atoms with van der Waals surface area (Å²) in [5.74, 6) is -0.278. The fourth-order valence-electron chi connectivity index (χ4n) is 2.80. The summed E-state index contributed by atoms with van der Waals surface area (Å²) < 4.78 is 24.6. The molecule has 1 saturated heterocycles. The Kier molecular flexibility index (Phi) is 4.16. The predicted octanol–water partition coefficient (Wildman–Crippen LogP) is 1.11. The molecule has 24 heavy (non-hydrogen) atoms. The summed E-state index contributed by atoms with van der Waals surface area (Å²) >= 11 is 0. The zero-order valence-electron chi connectivity index (χ0n) is 13.9. The SMILES string of the molecule is Cc1ccc(-n2nnc(C(=O)NC3CCS(=O)(=O)C3)c2C)cc1C. The Labute approximate surface area is 141 Å². The second-order valence-corrected chi connectivity index (χ2v) is 8.51. The number of nitrogens with zero attached hydrogens (tertiary/aromatic N) is 3. The number of amides is 1. The zero-order chi connectivity index (χ0) is 17.5. The molecular formula is C16H20N4O3S. The molecule has 3 rings (SSSR count). The van der Waals surface area contributed by atoms with Crippen LogP contribution >= 0.6 is 0 Å². The standard InChI is InChI=1S/C16H20N4O3S/c1-10-4-5-14(8-11(10)2)20-12(3)15(18-19-20)16(21)17-13-6-7-24(22,23)9-13/h4-5,8,13H,6-7,9H2,1-3H3,(H,17,21). The minimum Gasteiger partial charge on any atom is -0.347 e. The smallest absolute Gasteiger partial charge is 0.274 e. The van der Waals surface area contributed by atoms with Crippen LogP contribution in [0.15, 0.2) is 18.2 Å². The first kappa shape index (κ1) is 16.6. The highest BCUT2D eigenvalue weighted by Crippen LogP contribution is 2.17. The van der Waals surface area contributed by atoms with Gasteiger partial charge in [0.1, 0.15) is 0 Å². The molecule has 8 heteroatoms. The largest absolute Gasteiger partial charge is 0.347 e. The van der Waals surface area contributed by atoms with Gasteiger partial charge in [0.05, 0.1) is 22.9 Å². The number of sulfone groups is 1. The maximum atomic E-state index is 12.4. The van der Waals surface area contributed by atoms with E-state index in [0.717, 1.165) is 11.3 Å². The summed E-state index contributed by atoms with van der Waals surface area (Å²) in [4.78, 5) is 12.4. The second-order valence-electron chi connectivity index (χ2n) is 6.28. The Morgan fingerprint density at radius 1 is 1.25 bits per heavy atom. The first-order valence-corrected chi connectivity index (χ1v) is 9.60. The van der Waals surface area contributed by atoms with Crippen LogP contribution in [-0.4, -0.2) is 46.9 Å². The molecule has 0 bridgehead atoms. The van der Waals surface area contributed by atoms with Crippen LogP contribution in [-0.2, 0) is 9.84 Å². The van der Waals surface area contributed by atoms with Crippen LogP contribution in [0.1, 0.15) is 33.7 Å². The summed E-state index contributed by atoms with van der Waals surface area (Å²) in [7, 11) is -3.04. The van der Waals surface area contributed by atoms with E-state index in [-0.39, 0.29) is 29.1 Å². The van der Waals surface area contributed by atoms with Crippen LogP contribution in [0.5, 0.6) is 0 Å². The van der Waals surface area contributed by atoms with E-state index in [1.54, 1.807) is 11.6 Å². The molecule has 2 heterocycles. The number of benzene rings is 1. The van der Waals surface area contributed by atoms with Gasteiger partial charge in [0.15, 0.2) is 15.5 Å². The van der Waals surface area contributed by atoms with Gasteiger partial charge in [0.25, 0.3) is 5.91 Å². The van der Waals surface area contributed by atoms with Crippen molar-refractivity contribution >= 4 is 15.7 Å². The number of hydrogen-bond donors (Lipinski definition) is 1. The maximum Gasteiger partial charge on any atom is 0.274 e. The first-order valence-electron chi connectivity index (χ1n) is 7.78. The molecule has 128 valence electrons. The molecule has 1 aromatic heterocycles. The van der Waals surface area contributed by atoms with E-state index in [1.165, 1.54) is 5.56 Å². The molecule has 1 unspecified atom stereocenters. The zero-order valence-corrected chi connectivity index (χ0v) is 14.7. The van der Waals surface area contributed by atoms with E-state index in [1.807, 2.05) is 32.0 Å². The lowest BCUT2D eigenvalue weighted by atomic mass is 10.1. The van der Waals surface area contributed by atoms with Crippen molar-refractivity contribution in [3.63, 3.8) is 0 Å². The number of aryl methyl sites for hydroxylation is 2. The van der Waals surface area contributed by atoms with Gasteiger partial charge >= 0.3 is 0 Å². The average Bonchev–Trinajstić information content (AvgIpc) is 3.04. The van der Waals surface area contributed by atoms with Crippen LogP contribution in [0.3, 0.4) is 0 Å². The van der Waals surface area contributed by atoms with Gasteiger partial charge in [0.2, 0.25) is 0 Å². The highest BCUT2D eigenvalue weighted by Gasteiger charge is 2.30. The lowest BCUT2D eigenvalue weighted by molar-refractivity contribution is 0.0935. The van der Waals surface area contributed by atoms with Crippen LogP contribution in [0.25, 0.3) is 5.69 Å². The third-order valence-electron chi connectivity index (χ3n) is 4.41. The molecule has 1 aromatic carbocycles. The summed E-state index contributed by atoms with van der Waals surface area (Å²) in [6, 6.07) is 5.56. The monoisotopic (exact) mass is 348 g/mol. The van der Waals surface area contributed by atoms with Crippen molar-refractivity contribution in [2.75, 3.05) is 11.5 Å². The van der Waals surface area contributed by atoms with Crippen molar-refractivity contribution in [2.45, 2.75) is 33.2 Å². The lowest BCUT2D eigenvalue weighted by Crippen LogP contribution is -2.36. The molecule has 2 aromatic rings. The maximum absolute atomic E-state index is 12.4. The van der Waals surface area contributed by atoms with Gasteiger partial charge in [-0.1, -0.05) is 11.3 Å². The number of rotatable bonds is 3.